The number of benzene rings is 1. The van der Waals surface area contributed by atoms with Crippen molar-refractivity contribution >= 4 is 41.8 Å². The Kier molecular flexibility index (Phi) is 8.11. The summed E-state index contributed by atoms with van der Waals surface area (Å²) in [6, 6.07) is 7.82. The largest absolute Gasteiger partial charge is 0.481 e. The van der Waals surface area contributed by atoms with E-state index in [1.165, 1.54) is 23.5 Å². The first-order valence-electron chi connectivity index (χ1n) is 11.7. The second kappa shape index (κ2) is 11.6. The Hall–Kier alpha value is -4.59. The number of hydrazone groups is 1. The van der Waals surface area contributed by atoms with Gasteiger partial charge in [0.1, 0.15) is 24.1 Å². The van der Waals surface area contributed by atoms with Crippen molar-refractivity contribution in [3.63, 3.8) is 0 Å². The number of anilines is 2. The number of carboxylic acid groups (broad SMARTS) is 1. The van der Waals surface area contributed by atoms with Gasteiger partial charge in [-0.2, -0.15) is 5.10 Å². The molecule has 0 unspecified atom stereocenters. The van der Waals surface area contributed by atoms with E-state index in [0.29, 0.717) is 29.2 Å². The summed E-state index contributed by atoms with van der Waals surface area (Å²) in [6.45, 7) is 0.448. The van der Waals surface area contributed by atoms with E-state index in [1.807, 2.05) is 0 Å². The van der Waals surface area contributed by atoms with Crippen LogP contribution in [0.15, 0.2) is 41.6 Å². The Bertz CT molecular complexity index is 1260. The summed E-state index contributed by atoms with van der Waals surface area (Å²) in [4.78, 5) is 53.5. The van der Waals surface area contributed by atoms with Crippen LogP contribution in [0.5, 0.6) is 0 Å². The summed E-state index contributed by atoms with van der Waals surface area (Å²) in [5.41, 5.74) is 6.75. The van der Waals surface area contributed by atoms with Crippen LogP contribution in [-0.2, 0) is 23.9 Å². The van der Waals surface area contributed by atoms with Gasteiger partial charge in [-0.05, 0) is 30.3 Å². The molecule has 14 heteroatoms. The van der Waals surface area contributed by atoms with Crippen molar-refractivity contribution in [3.8, 4) is 11.1 Å². The van der Waals surface area contributed by atoms with Crippen molar-refractivity contribution in [2.75, 3.05) is 42.6 Å². The van der Waals surface area contributed by atoms with Gasteiger partial charge in [0, 0.05) is 30.4 Å². The summed E-state index contributed by atoms with van der Waals surface area (Å²) in [6.07, 6.45) is 1.20. The van der Waals surface area contributed by atoms with Crippen LogP contribution in [-0.4, -0.2) is 84.3 Å². The minimum absolute atomic E-state index is 0.183. The van der Waals surface area contributed by atoms with Gasteiger partial charge in [-0.1, -0.05) is 0 Å². The highest BCUT2D eigenvalue weighted by atomic mass is 19.1. The first kappa shape index (κ1) is 26.5. The molecule has 0 saturated carbocycles. The maximum Gasteiger partial charge on any atom is 0.414 e. The van der Waals surface area contributed by atoms with Crippen LogP contribution in [0.4, 0.5) is 20.7 Å². The van der Waals surface area contributed by atoms with E-state index in [-0.39, 0.29) is 32.5 Å². The van der Waals surface area contributed by atoms with Crippen molar-refractivity contribution in [2.45, 2.75) is 18.9 Å². The highest BCUT2D eigenvalue weighted by molar-refractivity contribution is 5.90. The lowest BCUT2D eigenvalue weighted by Gasteiger charge is -2.27. The number of halogens is 1. The molecule has 1 aromatic carbocycles. The highest BCUT2D eigenvalue weighted by Gasteiger charge is 2.31. The van der Waals surface area contributed by atoms with E-state index in [2.05, 4.69) is 10.1 Å². The second-order valence-corrected chi connectivity index (χ2v) is 8.42. The fourth-order valence-electron chi connectivity index (χ4n) is 3.78. The number of esters is 1. The molecule has 2 aliphatic heterocycles. The first-order chi connectivity index (χ1) is 18.2. The van der Waals surface area contributed by atoms with Gasteiger partial charge in [0.05, 0.1) is 31.6 Å². The predicted molar refractivity (Wildman–Crippen MR) is 132 cm³/mol. The van der Waals surface area contributed by atoms with Gasteiger partial charge >= 0.3 is 18.0 Å². The normalized spacial score (nSPS) is 16.9. The van der Waals surface area contributed by atoms with Gasteiger partial charge in [-0.25, -0.2) is 19.2 Å². The number of carbonyl (C=O) groups is 4. The minimum Gasteiger partial charge on any atom is -0.481 e. The van der Waals surface area contributed by atoms with Crippen LogP contribution in [0.25, 0.3) is 11.1 Å². The van der Waals surface area contributed by atoms with Crippen molar-refractivity contribution in [3.05, 3.63) is 42.3 Å². The lowest BCUT2D eigenvalue weighted by Crippen LogP contribution is -2.42. The molecule has 0 aliphatic carbocycles. The van der Waals surface area contributed by atoms with Crippen LogP contribution in [0, 0.1) is 5.82 Å². The zero-order chi connectivity index (χ0) is 27.2. The average molecular weight is 528 g/mol. The summed E-state index contributed by atoms with van der Waals surface area (Å²) >= 11 is 0. The van der Waals surface area contributed by atoms with E-state index in [1.54, 1.807) is 29.2 Å². The molecule has 4 rings (SSSR count). The van der Waals surface area contributed by atoms with Gasteiger partial charge < -0.3 is 25.2 Å². The number of cyclic esters (lactones) is 1. The molecule has 1 fully saturated rings. The standard InChI is InChI=1S/C24H25FN6O7/c25-19-9-16(30-12-17(10-26)38-24(30)36)2-3-18(19)15-1-4-20(27-11-15)29-7-8-31(28-14-29)21(32)13-37-23(35)6-5-22(33)34/h1-4,9,11,14,17H,5-8,10,12-13,26H2,(H,33,34)/t17-/m0/s1. The Balaban J connectivity index is 1.34. The SMILES string of the molecule is NC[C@H]1CN(c2ccc(-c3ccc(N4C=NN(C(=O)COC(=O)CCC(=O)O)CC4)nc3)c(F)c2)C(=O)O1. The number of ether oxygens (including phenoxy) is 2. The molecule has 1 saturated heterocycles. The molecule has 38 heavy (non-hydrogen) atoms. The lowest BCUT2D eigenvalue weighted by molar-refractivity contribution is -0.153. The lowest BCUT2D eigenvalue weighted by atomic mass is 10.1. The molecule has 200 valence electrons. The third kappa shape index (κ3) is 6.21. The number of hydrogen-bond donors (Lipinski definition) is 2. The van der Waals surface area contributed by atoms with Gasteiger partial charge in [0.2, 0.25) is 0 Å². The Labute approximate surface area is 216 Å². The van der Waals surface area contributed by atoms with Crippen molar-refractivity contribution in [2.24, 2.45) is 10.8 Å². The highest BCUT2D eigenvalue weighted by Crippen LogP contribution is 2.29. The average Bonchev–Trinajstić information content (AvgIpc) is 3.31. The third-order valence-electron chi connectivity index (χ3n) is 5.83. The Morgan fingerprint density at radius 3 is 2.61 bits per heavy atom. The summed E-state index contributed by atoms with van der Waals surface area (Å²) in [7, 11) is 0. The molecule has 2 aliphatic rings. The maximum atomic E-state index is 14.9. The number of rotatable bonds is 9. The maximum absolute atomic E-state index is 14.9. The van der Waals surface area contributed by atoms with Crippen LogP contribution in [0.3, 0.4) is 0 Å². The number of carbonyl (C=O) groups excluding carboxylic acids is 3. The molecular weight excluding hydrogens is 503 g/mol. The molecule has 1 atom stereocenters. The van der Waals surface area contributed by atoms with Gasteiger partial charge in [0.25, 0.3) is 5.91 Å². The van der Waals surface area contributed by atoms with Gasteiger partial charge in [-0.15, -0.1) is 0 Å². The fraction of sp³-hybridized carbons (Fsp3) is 0.333. The molecule has 1 aromatic heterocycles. The monoisotopic (exact) mass is 528 g/mol. The predicted octanol–water partition coefficient (Wildman–Crippen LogP) is 1.17. The van der Waals surface area contributed by atoms with Gasteiger partial charge in [-0.3, -0.25) is 19.3 Å². The quantitative estimate of drug-likeness (QED) is 0.451. The number of aliphatic carboxylic acids is 1. The molecule has 0 radical (unpaired) electrons. The molecular formula is C24H25FN6O7. The number of carboxylic acids is 1. The molecule has 13 nitrogen and oxygen atoms in total. The van der Waals surface area contributed by atoms with Crippen LogP contribution < -0.4 is 15.5 Å². The zero-order valence-electron chi connectivity index (χ0n) is 20.2. The van der Waals surface area contributed by atoms with Crippen molar-refractivity contribution < 1.29 is 38.1 Å². The second-order valence-electron chi connectivity index (χ2n) is 8.42. The molecule has 2 amide bonds. The van der Waals surface area contributed by atoms with E-state index in [4.69, 9.17) is 20.3 Å². The Morgan fingerprint density at radius 1 is 1.18 bits per heavy atom. The zero-order valence-corrected chi connectivity index (χ0v) is 20.2. The minimum atomic E-state index is -1.13. The topological polar surface area (TPSA) is 168 Å². The fourth-order valence-corrected chi connectivity index (χ4v) is 3.78. The number of nitrogens with zero attached hydrogens (tertiary/aromatic N) is 5. The molecule has 0 spiro atoms. The Morgan fingerprint density at radius 2 is 2.00 bits per heavy atom. The van der Waals surface area contributed by atoms with Gasteiger partial charge in [0.15, 0.2) is 6.61 Å². The smallest absolute Gasteiger partial charge is 0.414 e. The van der Waals surface area contributed by atoms with Crippen LogP contribution in [0.2, 0.25) is 0 Å². The van der Waals surface area contributed by atoms with E-state index in [0.717, 1.165) is 5.01 Å². The number of amides is 2. The first-order valence-corrected chi connectivity index (χ1v) is 11.7. The number of nitrogens with two attached hydrogens (primary N) is 1. The number of pyridine rings is 1. The van der Waals surface area contributed by atoms with E-state index in [9.17, 15) is 23.6 Å². The molecule has 3 N–H and O–H groups in total. The third-order valence-corrected chi connectivity index (χ3v) is 5.83. The number of hydrogen-bond acceptors (Lipinski definition) is 10. The van der Waals surface area contributed by atoms with E-state index >= 15 is 0 Å². The van der Waals surface area contributed by atoms with Crippen molar-refractivity contribution in [1.29, 1.82) is 0 Å². The summed E-state index contributed by atoms with van der Waals surface area (Å²) in [5, 5.41) is 13.8. The number of aromatic nitrogens is 1. The van der Waals surface area contributed by atoms with Crippen LogP contribution in [0.1, 0.15) is 12.8 Å². The molecule has 3 heterocycles. The summed E-state index contributed by atoms with van der Waals surface area (Å²) in [5.74, 6) is -2.47. The van der Waals surface area contributed by atoms with Crippen molar-refractivity contribution in [1.82, 2.24) is 9.99 Å². The molecule has 0 bridgehead atoms. The molecule has 2 aromatic rings. The van der Waals surface area contributed by atoms with Crippen LogP contribution >= 0.6 is 0 Å². The summed E-state index contributed by atoms with van der Waals surface area (Å²) < 4.78 is 24.8. The van der Waals surface area contributed by atoms with E-state index < -0.39 is 42.5 Å².